The number of nitriles is 1. The Labute approximate surface area is 217 Å². The lowest BCUT2D eigenvalue weighted by molar-refractivity contribution is -0.173. The summed E-state index contributed by atoms with van der Waals surface area (Å²) in [6.45, 7) is 4.10. The third-order valence-corrected chi connectivity index (χ3v) is 8.15. The molecule has 0 bridgehead atoms. The quantitative estimate of drug-likeness (QED) is 0.435. The number of anilines is 1. The molecule has 11 heteroatoms. The first-order chi connectivity index (χ1) is 17.7. The van der Waals surface area contributed by atoms with Crippen molar-refractivity contribution in [1.29, 1.82) is 5.26 Å². The third kappa shape index (κ3) is 4.24. The SMILES string of the molecule is CC1(N2Cc3cc(Cl)ccc3-n3c(nnc3C3CCN(c4ccc(C#N)c(F)n4)CC3)C2)CC(F)(F)C1. The zero-order valence-electron chi connectivity index (χ0n) is 20.3. The molecule has 1 aromatic carbocycles. The maximum Gasteiger partial charge on any atom is 0.251 e. The fraction of sp³-hybridized carbons (Fsp3) is 0.462. The molecule has 7 nitrogen and oxygen atoms in total. The van der Waals surface area contributed by atoms with Gasteiger partial charge in [0.05, 0.1) is 12.2 Å². The van der Waals surface area contributed by atoms with Gasteiger partial charge in [0.1, 0.15) is 23.3 Å². The van der Waals surface area contributed by atoms with Crippen molar-refractivity contribution < 1.29 is 13.2 Å². The highest BCUT2D eigenvalue weighted by atomic mass is 35.5. The van der Waals surface area contributed by atoms with Gasteiger partial charge < -0.3 is 4.90 Å². The number of pyridine rings is 1. The van der Waals surface area contributed by atoms with Gasteiger partial charge in [-0.05, 0) is 55.7 Å². The molecular formula is C26H25ClF3N7. The highest BCUT2D eigenvalue weighted by Crippen LogP contribution is 2.50. The lowest BCUT2D eigenvalue weighted by Gasteiger charge is -2.51. The topological polar surface area (TPSA) is 73.9 Å². The van der Waals surface area contributed by atoms with Crippen molar-refractivity contribution in [2.24, 2.45) is 0 Å². The van der Waals surface area contributed by atoms with E-state index >= 15 is 0 Å². The van der Waals surface area contributed by atoms with Crippen molar-refractivity contribution >= 4 is 17.4 Å². The van der Waals surface area contributed by atoms with E-state index in [1.807, 2.05) is 30.0 Å². The van der Waals surface area contributed by atoms with Gasteiger partial charge in [0.2, 0.25) is 5.95 Å². The van der Waals surface area contributed by atoms with Crippen molar-refractivity contribution in [1.82, 2.24) is 24.6 Å². The molecule has 0 spiro atoms. The first-order valence-corrected chi connectivity index (χ1v) is 12.7. The molecule has 1 aliphatic carbocycles. The molecule has 6 rings (SSSR count). The minimum Gasteiger partial charge on any atom is -0.356 e. The molecule has 1 saturated heterocycles. The van der Waals surface area contributed by atoms with Crippen LogP contribution in [0.15, 0.2) is 30.3 Å². The van der Waals surface area contributed by atoms with Crippen molar-refractivity contribution in [2.75, 3.05) is 18.0 Å². The van der Waals surface area contributed by atoms with E-state index in [1.54, 1.807) is 12.1 Å². The second kappa shape index (κ2) is 8.71. The van der Waals surface area contributed by atoms with Crippen LogP contribution >= 0.6 is 11.6 Å². The summed E-state index contributed by atoms with van der Waals surface area (Å²) in [6, 6.07) is 10.6. The number of benzene rings is 1. The lowest BCUT2D eigenvalue weighted by Crippen LogP contribution is -2.59. The Kier molecular flexibility index (Phi) is 5.69. The molecule has 4 heterocycles. The Morgan fingerprint density at radius 2 is 1.84 bits per heavy atom. The molecule has 0 N–H and O–H groups in total. The highest BCUT2D eigenvalue weighted by molar-refractivity contribution is 6.30. The summed E-state index contributed by atoms with van der Waals surface area (Å²) in [7, 11) is 0. The zero-order chi connectivity index (χ0) is 25.9. The number of rotatable bonds is 3. The largest absolute Gasteiger partial charge is 0.356 e. The van der Waals surface area contributed by atoms with Crippen LogP contribution in [0.2, 0.25) is 5.02 Å². The van der Waals surface area contributed by atoms with Crippen LogP contribution in [0.5, 0.6) is 0 Å². The average molecular weight is 528 g/mol. The van der Waals surface area contributed by atoms with E-state index in [0.717, 1.165) is 35.7 Å². The van der Waals surface area contributed by atoms with E-state index in [0.29, 0.717) is 37.0 Å². The Morgan fingerprint density at radius 1 is 1.08 bits per heavy atom. The summed E-state index contributed by atoms with van der Waals surface area (Å²) in [5.41, 5.74) is 1.18. The van der Waals surface area contributed by atoms with Gasteiger partial charge in [-0.1, -0.05) is 11.6 Å². The van der Waals surface area contributed by atoms with Crippen molar-refractivity contribution in [3.63, 3.8) is 0 Å². The van der Waals surface area contributed by atoms with Crippen molar-refractivity contribution in [3.05, 3.63) is 64.1 Å². The van der Waals surface area contributed by atoms with Gasteiger partial charge in [-0.3, -0.25) is 9.47 Å². The molecule has 37 heavy (non-hydrogen) atoms. The van der Waals surface area contributed by atoms with Crippen LogP contribution in [0.4, 0.5) is 19.0 Å². The van der Waals surface area contributed by atoms with E-state index in [9.17, 15) is 13.2 Å². The van der Waals surface area contributed by atoms with Gasteiger partial charge in [-0.25, -0.2) is 13.8 Å². The molecule has 2 aliphatic heterocycles. The summed E-state index contributed by atoms with van der Waals surface area (Å²) in [4.78, 5) is 8.04. The summed E-state index contributed by atoms with van der Waals surface area (Å²) >= 11 is 6.34. The van der Waals surface area contributed by atoms with Crippen LogP contribution in [0.3, 0.4) is 0 Å². The number of halogens is 4. The van der Waals surface area contributed by atoms with E-state index in [2.05, 4.69) is 24.6 Å². The van der Waals surface area contributed by atoms with Crippen LogP contribution in [0.25, 0.3) is 5.69 Å². The molecule has 2 fully saturated rings. The molecule has 3 aromatic rings. The molecule has 0 unspecified atom stereocenters. The van der Waals surface area contributed by atoms with Gasteiger partial charge in [0.15, 0.2) is 5.82 Å². The molecule has 2 aromatic heterocycles. The summed E-state index contributed by atoms with van der Waals surface area (Å²) in [6.07, 6.45) is 1.16. The lowest BCUT2D eigenvalue weighted by atomic mass is 9.73. The van der Waals surface area contributed by atoms with Crippen molar-refractivity contribution in [2.45, 2.75) is 63.1 Å². The van der Waals surface area contributed by atoms with Crippen LogP contribution in [0.1, 0.15) is 61.3 Å². The number of alkyl halides is 2. The Bertz CT molecular complexity index is 1400. The molecular weight excluding hydrogens is 503 g/mol. The summed E-state index contributed by atoms with van der Waals surface area (Å²) in [5, 5.41) is 18.7. The summed E-state index contributed by atoms with van der Waals surface area (Å²) in [5.74, 6) is -1.22. The smallest absolute Gasteiger partial charge is 0.251 e. The number of hydrogen-bond acceptors (Lipinski definition) is 6. The standard InChI is InChI=1S/C26H25ClF3N7/c1-25(14-26(29,30)15-25)36-12-18-10-19(27)3-4-20(18)37-22(13-36)33-34-24(37)16-6-8-35(9-7-16)21-5-2-17(11-31)23(28)32-21/h2-5,10,16H,6-9,12-15H2,1H3. The monoisotopic (exact) mass is 527 g/mol. The van der Waals surface area contributed by atoms with Gasteiger partial charge in [-0.15, -0.1) is 10.2 Å². The molecule has 0 radical (unpaired) electrons. The molecule has 0 atom stereocenters. The van der Waals surface area contributed by atoms with Gasteiger partial charge in [0, 0.05) is 49.0 Å². The van der Waals surface area contributed by atoms with Gasteiger partial charge >= 0.3 is 0 Å². The van der Waals surface area contributed by atoms with Gasteiger partial charge in [0.25, 0.3) is 5.92 Å². The van der Waals surface area contributed by atoms with Crippen molar-refractivity contribution in [3.8, 4) is 11.8 Å². The number of fused-ring (bicyclic) bond motifs is 3. The van der Waals surface area contributed by atoms with E-state index in [-0.39, 0.29) is 24.3 Å². The normalized spacial score (nSPS) is 20.9. The Balaban J connectivity index is 1.28. The average Bonchev–Trinajstić information content (AvgIpc) is 3.18. The zero-order valence-corrected chi connectivity index (χ0v) is 21.0. The number of nitrogens with zero attached hydrogens (tertiary/aromatic N) is 7. The highest BCUT2D eigenvalue weighted by Gasteiger charge is 2.57. The number of hydrogen-bond donors (Lipinski definition) is 0. The molecule has 1 saturated carbocycles. The maximum absolute atomic E-state index is 14.1. The second-order valence-electron chi connectivity index (χ2n) is 10.5. The molecule has 192 valence electrons. The first-order valence-electron chi connectivity index (χ1n) is 12.3. The fourth-order valence-corrected chi connectivity index (χ4v) is 6.20. The van der Waals surface area contributed by atoms with Crippen LogP contribution < -0.4 is 4.90 Å². The van der Waals surface area contributed by atoms with E-state index in [1.165, 1.54) is 6.07 Å². The first kappa shape index (κ1) is 24.2. The predicted octanol–water partition coefficient (Wildman–Crippen LogP) is 5.21. The predicted molar refractivity (Wildman–Crippen MR) is 131 cm³/mol. The maximum atomic E-state index is 14.1. The second-order valence-corrected chi connectivity index (χ2v) is 11.0. The molecule has 3 aliphatic rings. The number of piperidine rings is 1. The van der Waals surface area contributed by atoms with Crippen LogP contribution in [-0.4, -0.2) is 49.2 Å². The van der Waals surface area contributed by atoms with Gasteiger partial charge in [-0.2, -0.15) is 9.65 Å². The van der Waals surface area contributed by atoms with E-state index < -0.39 is 17.4 Å². The van der Waals surface area contributed by atoms with Crippen LogP contribution in [0, 0.1) is 17.3 Å². The number of aromatic nitrogens is 4. The summed E-state index contributed by atoms with van der Waals surface area (Å²) < 4.78 is 43.9. The van der Waals surface area contributed by atoms with Crippen LogP contribution in [-0.2, 0) is 13.1 Å². The minimum atomic E-state index is -2.64. The Morgan fingerprint density at radius 3 is 2.51 bits per heavy atom. The fourth-order valence-electron chi connectivity index (χ4n) is 6.01. The molecule has 0 amide bonds. The minimum absolute atomic E-state index is 0.0721. The van der Waals surface area contributed by atoms with E-state index in [4.69, 9.17) is 16.9 Å². The third-order valence-electron chi connectivity index (χ3n) is 7.91. The Hall–Kier alpha value is -3.16.